The molecular formula is C14H15N3O. The van der Waals surface area contributed by atoms with E-state index in [1.54, 1.807) is 12.3 Å². The van der Waals surface area contributed by atoms with Gasteiger partial charge in [0.2, 0.25) is 0 Å². The number of nitrogens with zero attached hydrogens (tertiary/aromatic N) is 2. The average molecular weight is 241 g/mol. The van der Waals surface area contributed by atoms with Crippen LogP contribution in [0, 0.1) is 13.8 Å². The summed E-state index contributed by atoms with van der Waals surface area (Å²) in [5, 5.41) is 2.83. The molecule has 18 heavy (non-hydrogen) atoms. The molecule has 0 saturated heterocycles. The third kappa shape index (κ3) is 3.13. The van der Waals surface area contributed by atoms with E-state index in [0.717, 1.165) is 11.3 Å². The fourth-order valence-electron chi connectivity index (χ4n) is 1.58. The second-order valence-corrected chi connectivity index (χ2v) is 4.14. The molecule has 0 fully saturated rings. The number of hydrogen-bond donors (Lipinski definition) is 1. The number of aromatic nitrogens is 2. The number of carbonyl (C=O) groups is 1. The highest BCUT2D eigenvalue weighted by molar-refractivity contribution is 5.94. The molecule has 0 bridgehead atoms. The Morgan fingerprint density at radius 2 is 1.89 bits per heavy atom. The minimum atomic E-state index is -0.0914. The fraction of sp³-hybridized carbons (Fsp3) is 0.214. The summed E-state index contributed by atoms with van der Waals surface area (Å²) in [5.74, 6) is 0.614. The zero-order valence-electron chi connectivity index (χ0n) is 10.5. The third-order valence-electron chi connectivity index (χ3n) is 2.58. The van der Waals surface area contributed by atoms with Gasteiger partial charge in [-0.25, -0.2) is 9.97 Å². The van der Waals surface area contributed by atoms with E-state index in [4.69, 9.17) is 0 Å². The van der Waals surface area contributed by atoms with Gasteiger partial charge in [0.25, 0.3) is 5.91 Å². The van der Waals surface area contributed by atoms with Crippen LogP contribution in [0.3, 0.4) is 0 Å². The lowest BCUT2D eigenvalue weighted by atomic mass is 10.1. The van der Waals surface area contributed by atoms with Crippen LogP contribution in [0.4, 0.5) is 0 Å². The number of nitrogens with one attached hydrogen (secondary N) is 1. The van der Waals surface area contributed by atoms with E-state index in [0.29, 0.717) is 17.9 Å². The van der Waals surface area contributed by atoms with E-state index < -0.39 is 0 Å². The second-order valence-electron chi connectivity index (χ2n) is 4.14. The molecule has 2 aromatic rings. The molecule has 0 aliphatic heterocycles. The summed E-state index contributed by atoms with van der Waals surface area (Å²) in [6.07, 6.45) is 1.69. The molecule has 0 aliphatic carbocycles. The standard InChI is InChI=1S/C14H15N3O/c1-10-3-5-12(6-4-10)14(18)16-9-13-7-8-15-11(2)17-13/h3-8H,9H2,1-2H3,(H,16,18). The van der Waals surface area contributed by atoms with Gasteiger partial charge in [-0.3, -0.25) is 4.79 Å². The van der Waals surface area contributed by atoms with Crippen molar-refractivity contribution in [3.63, 3.8) is 0 Å². The van der Waals surface area contributed by atoms with Crippen molar-refractivity contribution in [3.8, 4) is 0 Å². The normalized spacial score (nSPS) is 10.1. The Morgan fingerprint density at radius 1 is 1.17 bits per heavy atom. The summed E-state index contributed by atoms with van der Waals surface area (Å²) < 4.78 is 0. The summed E-state index contributed by atoms with van der Waals surface area (Å²) >= 11 is 0. The number of rotatable bonds is 3. The van der Waals surface area contributed by atoms with Crippen molar-refractivity contribution in [1.29, 1.82) is 0 Å². The minimum absolute atomic E-state index is 0.0914. The van der Waals surface area contributed by atoms with Gasteiger partial charge in [-0.1, -0.05) is 17.7 Å². The van der Waals surface area contributed by atoms with E-state index in [2.05, 4.69) is 15.3 Å². The number of aryl methyl sites for hydroxylation is 2. The zero-order chi connectivity index (χ0) is 13.0. The van der Waals surface area contributed by atoms with Crippen LogP contribution < -0.4 is 5.32 Å². The lowest BCUT2D eigenvalue weighted by Gasteiger charge is -2.05. The van der Waals surface area contributed by atoms with Crippen molar-refractivity contribution in [1.82, 2.24) is 15.3 Å². The molecule has 2 rings (SSSR count). The van der Waals surface area contributed by atoms with Crippen molar-refractivity contribution in [2.24, 2.45) is 0 Å². The molecule has 0 spiro atoms. The molecule has 4 heteroatoms. The maximum absolute atomic E-state index is 11.9. The Bertz CT molecular complexity index is 549. The van der Waals surface area contributed by atoms with Crippen molar-refractivity contribution in [2.45, 2.75) is 20.4 Å². The fourth-order valence-corrected chi connectivity index (χ4v) is 1.58. The number of hydrogen-bond acceptors (Lipinski definition) is 3. The third-order valence-corrected chi connectivity index (χ3v) is 2.58. The minimum Gasteiger partial charge on any atom is -0.346 e. The van der Waals surface area contributed by atoms with Crippen LogP contribution in [0.25, 0.3) is 0 Å². The van der Waals surface area contributed by atoms with Crippen LogP contribution in [0.2, 0.25) is 0 Å². The van der Waals surface area contributed by atoms with E-state index in [-0.39, 0.29) is 5.91 Å². The van der Waals surface area contributed by atoms with Gasteiger partial charge in [0.1, 0.15) is 5.82 Å². The maximum Gasteiger partial charge on any atom is 0.251 e. The van der Waals surface area contributed by atoms with Crippen LogP contribution in [0.15, 0.2) is 36.5 Å². The van der Waals surface area contributed by atoms with Crippen LogP contribution in [0.5, 0.6) is 0 Å². The first-order valence-electron chi connectivity index (χ1n) is 5.78. The Labute approximate surface area is 106 Å². The van der Waals surface area contributed by atoms with Gasteiger partial charge in [-0.2, -0.15) is 0 Å². The Kier molecular flexibility index (Phi) is 3.67. The molecule has 1 aromatic carbocycles. The van der Waals surface area contributed by atoms with E-state index in [1.165, 1.54) is 0 Å². The van der Waals surface area contributed by atoms with E-state index >= 15 is 0 Å². The van der Waals surface area contributed by atoms with E-state index in [1.807, 2.05) is 38.1 Å². The molecule has 92 valence electrons. The van der Waals surface area contributed by atoms with Crippen molar-refractivity contribution < 1.29 is 4.79 Å². The zero-order valence-corrected chi connectivity index (χ0v) is 10.5. The highest BCUT2D eigenvalue weighted by Gasteiger charge is 2.05. The van der Waals surface area contributed by atoms with Gasteiger partial charge in [0, 0.05) is 11.8 Å². The summed E-state index contributed by atoms with van der Waals surface area (Å²) in [6.45, 7) is 4.23. The summed E-state index contributed by atoms with van der Waals surface area (Å²) in [6, 6.07) is 9.27. The lowest BCUT2D eigenvalue weighted by Crippen LogP contribution is -2.23. The topological polar surface area (TPSA) is 54.9 Å². The monoisotopic (exact) mass is 241 g/mol. The summed E-state index contributed by atoms with van der Waals surface area (Å²) in [5.41, 5.74) is 2.60. The van der Waals surface area contributed by atoms with Crippen molar-refractivity contribution in [3.05, 3.63) is 59.2 Å². The molecule has 0 aliphatic rings. The first kappa shape index (κ1) is 12.2. The Hall–Kier alpha value is -2.23. The van der Waals surface area contributed by atoms with Crippen molar-refractivity contribution in [2.75, 3.05) is 0 Å². The van der Waals surface area contributed by atoms with Gasteiger partial charge in [0.05, 0.1) is 12.2 Å². The average Bonchev–Trinajstić information content (AvgIpc) is 2.37. The lowest BCUT2D eigenvalue weighted by molar-refractivity contribution is 0.0950. The number of amides is 1. The largest absolute Gasteiger partial charge is 0.346 e. The number of carbonyl (C=O) groups excluding carboxylic acids is 1. The highest BCUT2D eigenvalue weighted by Crippen LogP contribution is 2.03. The van der Waals surface area contributed by atoms with Crippen LogP contribution in [0.1, 0.15) is 27.4 Å². The van der Waals surface area contributed by atoms with Gasteiger partial charge >= 0.3 is 0 Å². The molecule has 1 N–H and O–H groups in total. The van der Waals surface area contributed by atoms with Crippen LogP contribution in [-0.4, -0.2) is 15.9 Å². The quantitative estimate of drug-likeness (QED) is 0.894. The van der Waals surface area contributed by atoms with Gasteiger partial charge in [0.15, 0.2) is 0 Å². The first-order valence-corrected chi connectivity index (χ1v) is 5.78. The SMILES string of the molecule is Cc1ccc(C(=O)NCc2ccnc(C)n2)cc1. The molecule has 1 aromatic heterocycles. The first-order chi connectivity index (χ1) is 8.65. The Morgan fingerprint density at radius 3 is 2.56 bits per heavy atom. The van der Waals surface area contributed by atoms with Gasteiger partial charge in [-0.15, -0.1) is 0 Å². The molecule has 4 nitrogen and oxygen atoms in total. The predicted octanol–water partition coefficient (Wildman–Crippen LogP) is 2.02. The highest BCUT2D eigenvalue weighted by atomic mass is 16.1. The van der Waals surface area contributed by atoms with Gasteiger partial charge in [-0.05, 0) is 32.0 Å². The maximum atomic E-state index is 11.9. The van der Waals surface area contributed by atoms with Gasteiger partial charge < -0.3 is 5.32 Å². The van der Waals surface area contributed by atoms with E-state index in [9.17, 15) is 4.79 Å². The molecule has 0 unspecified atom stereocenters. The molecular weight excluding hydrogens is 226 g/mol. The van der Waals surface area contributed by atoms with Crippen LogP contribution in [-0.2, 0) is 6.54 Å². The Balaban J connectivity index is 1.98. The van der Waals surface area contributed by atoms with Crippen LogP contribution >= 0.6 is 0 Å². The molecule has 1 amide bonds. The molecule has 0 radical (unpaired) electrons. The molecule has 0 saturated carbocycles. The number of benzene rings is 1. The second kappa shape index (κ2) is 5.40. The van der Waals surface area contributed by atoms with Crippen molar-refractivity contribution >= 4 is 5.91 Å². The molecule has 1 heterocycles. The predicted molar refractivity (Wildman–Crippen MR) is 69.1 cm³/mol. The summed E-state index contributed by atoms with van der Waals surface area (Å²) in [7, 11) is 0. The molecule has 0 atom stereocenters. The smallest absolute Gasteiger partial charge is 0.251 e. The summed E-state index contributed by atoms with van der Waals surface area (Å²) in [4.78, 5) is 20.1.